The molecule has 1 atom stereocenters. The van der Waals surface area contributed by atoms with Gasteiger partial charge in [-0.25, -0.2) is 0 Å². The number of rotatable bonds is 8. The number of piperidine rings is 1. The summed E-state index contributed by atoms with van der Waals surface area (Å²) < 4.78 is 11.4. The fourth-order valence-corrected chi connectivity index (χ4v) is 4.86. The summed E-state index contributed by atoms with van der Waals surface area (Å²) >= 11 is 0. The van der Waals surface area contributed by atoms with E-state index in [4.69, 9.17) is 9.47 Å². The summed E-state index contributed by atoms with van der Waals surface area (Å²) in [4.78, 5) is 13.8. The summed E-state index contributed by atoms with van der Waals surface area (Å²) in [7, 11) is 3.31. The monoisotopic (exact) mass is 471 g/mol. The van der Waals surface area contributed by atoms with Gasteiger partial charge in [-0.2, -0.15) is 0 Å². The fraction of sp³-hybridized carbons (Fsp3) is 0.300. The Morgan fingerprint density at radius 2 is 1.71 bits per heavy atom. The van der Waals surface area contributed by atoms with Crippen molar-refractivity contribution in [3.8, 4) is 22.6 Å². The van der Waals surface area contributed by atoms with E-state index in [0.29, 0.717) is 13.0 Å². The number of hydrogen-bond donors (Lipinski definition) is 1. The predicted octanol–water partition coefficient (Wildman–Crippen LogP) is 6.29. The van der Waals surface area contributed by atoms with Crippen molar-refractivity contribution in [3.63, 3.8) is 0 Å². The smallest absolute Gasteiger partial charge is 0.320 e. The van der Waals surface area contributed by atoms with E-state index < -0.39 is 12.0 Å². The molecule has 1 N–H and O–H groups in total. The summed E-state index contributed by atoms with van der Waals surface area (Å²) in [6, 6.07) is 20.2. The second-order valence-electron chi connectivity index (χ2n) is 8.95. The van der Waals surface area contributed by atoms with Crippen molar-refractivity contribution >= 4 is 18.1 Å². The van der Waals surface area contributed by atoms with Crippen LogP contribution in [0.25, 0.3) is 23.3 Å². The number of likely N-dealkylation sites (tertiary alicyclic amines) is 1. The average Bonchev–Trinajstić information content (AvgIpc) is 2.89. The minimum Gasteiger partial charge on any atom is -0.496 e. The SMILES string of the molecule is COc1cc(CN2CCCCC2C(=O)O)c(OC)cc1C=Cc1cccc(-c2ccccc2)c1C. The number of methoxy groups -OCH3 is 2. The number of hydrogen-bond acceptors (Lipinski definition) is 4. The van der Waals surface area contributed by atoms with Gasteiger partial charge in [0.1, 0.15) is 17.5 Å². The predicted molar refractivity (Wildman–Crippen MR) is 141 cm³/mol. The Morgan fingerprint density at radius 3 is 2.43 bits per heavy atom. The molecule has 0 radical (unpaired) electrons. The van der Waals surface area contributed by atoms with Crippen LogP contribution in [0.5, 0.6) is 11.5 Å². The molecule has 1 saturated heterocycles. The lowest BCUT2D eigenvalue weighted by atomic mass is 9.96. The van der Waals surface area contributed by atoms with Crippen molar-refractivity contribution in [1.82, 2.24) is 4.90 Å². The van der Waals surface area contributed by atoms with E-state index in [9.17, 15) is 9.90 Å². The summed E-state index contributed by atoms with van der Waals surface area (Å²) in [5, 5.41) is 9.64. The van der Waals surface area contributed by atoms with Crippen molar-refractivity contribution in [3.05, 3.63) is 82.9 Å². The van der Waals surface area contributed by atoms with Gasteiger partial charge in [0.25, 0.3) is 0 Å². The van der Waals surface area contributed by atoms with E-state index in [0.717, 1.165) is 47.6 Å². The highest BCUT2D eigenvalue weighted by atomic mass is 16.5. The topological polar surface area (TPSA) is 59.0 Å². The molecule has 0 spiro atoms. The van der Waals surface area contributed by atoms with Crippen molar-refractivity contribution in [2.45, 2.75) is 38.8 Å². The van der Waals surface area contributed by atoms with Gasteiger partial charge in [-0.15, -0.1) is 0 Å². The second-order valence-corrected chi connectivity index (χ2v) is 8.95. The third kappa shape index (κ3) is 5.57. The zero-order valence-electron chi connectivity index (χ0n) is 20.7. The van der Waals surface area contributed by atoms with Crippen LogP contribution in [0.3, 0.4) is 0 Å². The Kier molecular flexibility index (Phi) is 7.88. The second kappa shape index (κ2) is 11.2. The molecule has 0 amide bonds. The van der Waals surface area contributed by atoms with E-state index in [1.165, 1.54) is 16.7 Å². The molecule has 0 saturated carbocycles. The van der Waals surface area contributed by atoms with Gasteiger partial charge >= 0.3 is 5.97 Å². The number of aliphatic carboxylic acids is 1. The lowest BCUT2D eigenvalue weighted by Crippen LogP contribution is -2.44. The third-order valence-electron chi connectivity index (χ3n) is 6.81. The summed E-state index contributed by atoms with van der Waals surface area (Å²) in [6.07, 6.45) is 6.78. The first-order valence-corrected chi connectivity index (χ1v) is 12.1. The van der Waals surface area contributed by atoms with Crippen LogP contribution in [0, 0.1) is 6.92 Å². The van der Waals surface area contributed by atoms with E-state index in [1.807, 2.05) is 29.2 Å². The van der Waals surface area contributed by atoms with Crippen LogP contribution in [0.15, 0.2) is 60.7 Å². The van der Waals surface area contributed by atoms with Crippen LogP contribution < -0.4 is 9.47 Å². The maximum atomic E-state index is 11.7. The molecule has 1 fully saturated rings. The quantitative estimate of drug-likeness (QED) is 0.391. The van der Waals surface area contributed by atoms with Gasteiger partial charge in [0.2, 0.25) is 0 Å². The van der Waals surface area contributed by atoms with Gasteiger partial charge in [0.15, 0.2) is 0 Å². The minimum atomic E-state index is -0.761. The molecule has 1 aliphatic heterocycles. The minimum absolute atomic E-state index is 0.459. The van der Waals surface area contributed by atoms with Gasteiger partial charge < -0.3 is 14.6 Å². The fourth-order valence-electron chi connectivity index (χ4n) is 4.86. The van der Waals surface area contributed by atoms with Gasteiger partial charge in [-0.1, -0.05) is 67.1 Å². The van der Waals surface area contributed by atoms with Crippen molar-refractivity contribution in [2.24, 2.45) is 0 Å². The molecule has 5 nitrogen and oxygen atoms in total. The molecule has 1 heterocycles. The highest BCUT2D eigenvalue weighted by molar-refractivity contribution is 5.79. The number of carbonyl (C=O) groups is 1. The molecule has 3 aromatic rings. The highest BCUT2D eigenvalue weighted by Crippen LogP contribution is 2.33. The molecule has 3 aromatic carbocycles. The van der Waals surface area contributed by atoms with Crippen LogP contribution >= 0.6 is 0 Å². The maximum Gasteiger partial charge on any atom is 0.320 e. The van der Waals surface area contributed by atoms with Crippen molar-refractivity contribution in [1.29, 1.82) is 0 Å². The molecular formula is C30H33NO4. The van der Waals surface area contributed by atoms with Gasteiger partial charge in [-0.3, -0.25) is 9.69 Å². The molecule has 4 rings (SSSR count). The zero-order valence-corrected chi connectivity index (χ0v) is 20.7. The first kappa shape index (κ1) is 24.6. The number of carboxylic acids is 1. The highest BCUT2D eigenvalue weighted by Gasteiger charge is 2.29. The average molecular weight is 472 g/mol. The Bertz CT molecular complexity index is 1200. The Hall–Kier alpha value is -3.57. The van der Waals surface area contributed by atoms with E-state index >= 15 is 0 Å². The van der Waals surface area contributed by atoms with Crippen LogP contribution in [0.2, 0.25) is 0 Å². The Morgan fingerprint density at radius 1 is 0.971 bits per heavy atom. The zero-order chi connectivity index (χ0) is 24.8. The van der Waals surface area contributed by atoms with E-state index in [-0.39, 0.29) is 0 Å². The molecule has 1 unspecified atom stereocenters. The molecule has 0 bridgehead atoms. The van der Waals surface area contributed by atoms with E-state index in [1.54, 1.807) is 14.2 Å². The standard InChI is InChI=1S/C30H33NO4/c1-21-22(12-9-13-26(21)23-10-5-4-6-11-23)15-16-24-18-29(35-3)25(19-28(24)34-2)20-31-17-8-7-14-27(31)30(32)33/h4-6,9-13,15-16,18-19,27H,7-8,14,17,20H2,1-3H3,(H,32,33). The number of nitrogens with zero attached hydrogens (tertiary/aromatic N) is 1. The van der Waals surface area contributed by atoms with Crippen molar-refractivity contribution in [2.75, 3.05) is 20.8 Å². The van der Waals surface area contributed by atoms with E-state index in [2.05, 4.69) is 55.5 Å². The summed E-state index contributed by atoms with van der Waals surface area (Å²) in [6.45, 7) is 3.42. The first-order valence-electron chi connectivity index (χ1n) is 12.1. The summed E-state index contributed by atoms with van der Waals surface area (Å²) in [5.74, 6) is 0.705. The molecule has 182 valence electrons. The van der Waals surface area contributed by atoms with Crippen LogP contribution in [0.1, 0.15) is 41.5 Å². The third-order valence-corrected chi connectivity index (χ3v) is 6.81. The number of benzene rings is 3. The molecule has 5 heteroatoms. The molecule has 35 heavy (non-hydrogen) atoms. The van der Waals surface area contributed by atoms with Crippen LogP contribution in [-0.2, 0) is 11.3 Å². The van der Waals surface area contributed by atoms with Crippen molar-refractivity contribution < 1.29 is 19.4 Å². The van der Waals surface area contributed by atoms with Gasteiger partial charge in [0.05, 0.1) is 14.2 Å². The summed E-state index contributed by atoms with van der Waals surface area (Å²) in [5.41, 5.74) is 6.59. The molecule has 0 aromatic heterocycles. The lowest BCUT2D eigenvalue weighted by molar-refractivity contribution is -0.144. The maximum absolute atomic E-state index is 11.7. The molecular weight excluding hydrogens is 438 g/mol. The van der Waals surface area contributed by atoms with Crippen LogP contribution in [0.4, 0.5) is 0 Å². The number of ether oxygens (including phenoxy) is 2. The number of carboxylic acid groups (broad SMARTS) is 1. The molecule has 0 aliphatic carbocycles. The van der Waals surface area contributed by atoms with Gasteiger partial charge in [0, 0.05) is 17.7 Å². The Labute approximate surface area is 207 Å². The Balaban J connectivity index is 1.63. The normalized spacial score (nSPS) is 16.4. The van der Waals surface area contributed by atoms with Crippen LogP contribution in [-0.4, -0.2) is 42.8 Å². The largest absolute Gasteiger partial charge is 0.496 e. The lowest BCUT2D eigenvalue weighted by Gasteiger charge is -2.33. The van der Waals surface area contributed by atoms with Gasteiger partial charge in [-0.05, 0) is 60.7 Å². The molecule has 1 aliphatic rings. The first-order chi connectivity index (χ1) is 17.0.